The molecule has 0 N–H and O–H groups in total. The Kier molecular flexibility index (Phi) is 4.87. The van der Waals surface area contributed by atoms with Crippen LogP contribution in [0.25, 0.3) is 11.1 Å². The monoisotopic (exact) mass is 338 g/mol. The van der Waals surface area contributed by atoms with Gasteiger partial charge in [-0.2, -0.15) is 4.40 Å². The molecule has 0 aliphatic rings. The maximum Gasteiger partial charge on any atom is 0.186 e. The standard InChI is InChI=1S/C16H19ClN2O2S/c1-10-8-12(17)6-7-13(10)15-11(2)19-21-14(15)9-18-22(20)16(3,4)5/h6-9H,1-5H3/t22-/m0/s1. The van der Waals surface area contributed by atoms with Crippen LogP contribution in [0.15, 0.2) is 27.1 Å². The van der Waals surface area contributed by atoms with Crippen LogP contribution in [0, 0.1) is 13.8 Å². The van der Waals surface area contributed by atoms with E-state index in [2.05, 4.69) is 9.55 Å². The van der Waals surface area contributed by atoms with E-state index in [4.69, 9.17) is 16.1 Å². The minimum Gasteiger partial charge on any atom is -0.354 e. The van der Waals surface area contributed by atoms with Gasteiger partial charge in [0.05, 0.1) is 22.2 Å². The van der Waals surface area contributed by atoms with Crippen LogP contribution in [0.2, 0.25) is 5.02 Å². The molecule has 0 bridgehead atoms. The number of halogens is 1. The fourth-order valence-corrected chi connectivity index (χ4v) is 2.70. The van der Waals surface area contributed by atoms with E-state index in [1.165, 1.54) is 6.21 Å². The fourth-order valence-electron chi connectivity index (χ4n) is 1.96. The first-order valence-electron chi connectivity index (χ1n) is 6.89. The van der Waals surface area contributed by atoms with Crippen LogP contribution < -0.4 is 0 Å². The molecular weight excluding hydrogens is 320 g/mol. The third kappa shape index (κ3) is 3.65. The summed E-state index contributed by atoms with van der Waals surface area (Å²) in [6.07, 6.45) is 1.49. The van der Waals surface area contributed by atoms with Gasteiger partial charge in [0.25, 0.3) is 0 Å². The van der Waals surface area contributed by atoms with Crippen LogP contribution >= 0.6 is 11.6 Å². The fraction of sp³-hybridized carbons (Fsp3) is 0.375. The lowest BCUT2D eigenvalue weighted by atomic mass is 9.99. The summed E-state index contributed by atoms with van der Waals surface area (Å²) in [5, 5.41) is 4.68. The van der Waals surface area contributed by atoms with Crippen LogP contribution in [0.5, 0.6) is 0 Å². The number of hydrogen-bond acceptors (Lipinski definition) is 3. The molecule has 6 heteroatoms. The third-order valence-electron chi connectivity index (χ3n) is 3.14. The Morgan fingerprint density at radius 1 is 1.32 bits per heavy atom. The lowest BCUT2D eigenvalue weighted by molar-refractivity contribution is 0.411. The molecule has 0 unspecified atom stereocenters. The molecule has 1 heterocycles. The summed E-state index contributed by atoms with van der Waals surface area (Å²) in [5.74, 6) is 0.500. The highest BCUT2D eigenvalue weighted by molar-refractivity contribution is 7.85. The number of nitrogens with zero attached hydrogens (tertiary/aromatic N) is 2. The zero-order valence-electron chi connectivity index (χ0n) is 13.3. The number of benzene rings is 1. The molecule has 0 amide bonds. The molecule has 118 valence electrons. The highest BCUT2D eigenvalue weighted by Gasteiger charge is 2.20. The first-order valence-corrected chi connectivity index (χ1v) is 8.37. The van der Waals surface area contributed by atoms with Gasteiger partial charge >= 0.3 is 0 Å². The molecule has 0 aliphatic heterocycles. The maximum atomic E-state index is 12.0. The molecule has 0 saturated carbocycles. The summed E-state index contributed by atoms with van der Waals surface area (Å²) in [5.41, 5.74) is 3.61. The summed E-state index contributed by atoms with van der Waals surface area (Å²) in [4.78, 5) is 0. The van der Waals surface area contributed by atoms with Gasteiger partial charge < -0.3 is 4.52 Å². The molecular formula is C16H19ClN2O2S. The molecule has 0 aliphatic carbocycles. The third-order valence-corrected chi connectivity index (χ3v) is 4.72. The summed E-state index contributed by atoms with van der Waals surface area (Å²) in [7, 11) is -1.34. The smallest absolute Gasteiger partial charge is 0.186 e. The molecule has 4 nitrogen and oxygen atoms in total. The van der Waals surface area contributed by atoms with Crippen molar-refractivity contribution in [3.8, 4) is 11.1 Å². The van der Waals surface area contributed by atoms with Gasteiger partial charge in [-0.15, -0.1) is 0 Å². The van der Waals surface area contributed by atoms with E-state index in [0.717, 1.165) is 22.4 Å². The Morgan fingerprint density at radius 2 is 2.00 bits per heavy atom. The normalized spacial score (nSPS) is 13.7. The van der Waals surface area contributed by atoms with Gasteiger partial charge in [-0.05, 0) is 57.9 Å². The van der Waals surface area contributed by atoms with Crippen LogP contribution in [0.3, 0.4) is 0 Å². The SMILES string of the molecule is Cc1cc(Cl)ccc1-c1c(C)noc1C=N[S@@](=O)C(C)(C)C. The second kappa shape index (κ2) is 6.34. The van der Waals surface area contributed by atoms with Crippen molar-refractivity contribution in [1.82, 2.24) is 5.16 Å². The van der Waals surface area contributed by atoms with Crippen LogP contribution in [-0.2, 0) is 11.0 Å². The van der Waals surface area contributed by atoms with E-state index in [1.807, 2.05) is 52.8 Å². The van der Waals surface area contributed by atoms with Gasteiger partial charge in [0.1, 0.15) is 11.0 Å². The average molecular weight is 339 g/mol. The van der Waals surface area contributed by atoms with Crippen LogP contribution in [0.1, 0.15) is 37.8 Å². The number of aryl methyl sites for hydroxylation is 2. The molecule has 1 aromatic carbocycles. The molecule has 2 aromatic rings. The quantitative estimate of drug-likeness (QED) is 0.774. The van der Waals surface area contributed by atoms with Crippen molar-refractivity contribution in [1.29, 1.82) is 0 Å². The predicted molar refractivity (Wildman–Crippen MR) is 91.9 cm³/mol. The van der Waals surface area contributed by atoms with Crippen molar-refractivity contribution < 1.29 is 8.73 Å². The Hall–Kier alpha value is -1.46. The molecule has 22 heavy (non-hydrogen) atoms. The Bertz CT molecular complexity index is 745. The predicted octanol–water partition coefficient (Wildman–Crippen LogP) is 4.49. The van der Waals surface area contributed by atoms with E-state index in [1.54, 1.807) is 0 Å². The molecule has 0 fully saturated rings. The van der Waals surface area contributed by atoms with Crippen molar-refractivity contribution in [2.24, 2.45) is 4.40 Å². The van der Waals surface area contributed by atoms with Crippen molar-refractivity contribution >= 4 is 28.8 Å². The molecule has 1 aromatic heterocycles. The zero-order chi connectivity index (χ0) is 16.5. The second-order valence-corrected chi connectivity index (χ2v) is 8.43. The van der Waals surface area contributed by atoms with Crippen molar-refractivity contribution in [3.63, 3.8) is 0 Å². The summed E-state index contributed by atoms with van der Waals surface area (Å²) >= 11 is 6.01. The maximum absolute atomic E-state index is 12.0. The summed E-state index contributed by atoms with van der Waals surface area (Å²) < 4.78 is 21.1. The number of hydrogen-bond donors (Lipinski definition) is 0. The second-order valence-electron chi connectivity index (χ2n) is 6.06. The van der Waals surface area contributed by atoms with E-state index in [9.17, 15) is 4.21 Å². The van der Waals surface area contributed by atoms with Gasteiger partial charge in [-0.25, -0.2) is 4.21 Å². The van der Waals surface area contributed by atoms with Gasteiger partial charge in [-0.3, -0.25) is 0 Å². The summed E-state index contributed by atoms with van der Waals surface area (Å²) in [6.45, 7) is 9.45. The topological polar surface area (TPSA) is 55.5 Å². The minimum absolute atomic E-state index is 0.415. The van der Waals surface area contributed by atoms with Crippen LogP contribution in [-0.4, -0.2) is 20.3 Å². The molecule has 2 rings (SSSR count). The molecule has 1 atom stereocenters. The van der Waals surface area contributed by atoms with E-state index < -0.39 is 15.7 Å². The number of rotatable bonds is 3. The molecule has 0 radical (unpaired) electrons. The minimum atomic E-state index is -1.34. The average Bonchev–Trinajstić information content (AvgIpc) is 2.76. The highest BCUT2D eigenvalue weighted by atomic mass is 35.5. The van der Waals surface area contributed by atoms with Gasteiger partial charge in [-0.1, -0.05) is 22.8 Å². The van der Waals surface area contributed by atoms with Crippen molar-refractivity contribution in [3.05, 3.63) is 40.2 Å². The van der Waals surface area contributed by atoms with Crippen molar-refractivity contribution in [2.75, 3.05) is 0 Å². The van der Waals surface area contributed by atoms with E-state index >= 15 is 0 Å². The van der Waals surface area contributed by atoms with Gasteiger partial charge in [0, 0.05) is 5.02 Å². The highest BCUT2D eigenvalue weighted by Crippen LogP contribution is 2.31. The Labute approximate surface area is 138 Å². The first-order chi connectivity index (χ1) is 10.2. The molecule has 0 spiro atoms. The van der Waals surface area contributed by atoms with E-state index in [-0.39, 0.29) is 0 Å². The van der Waals surface area contributed by atoms with Crippen molar-refractivity contribution in [2.45, 2.75) is 39.4 Å². The zero-order valence-corrected chi connectivity index (χ0v) is 14.9. The lowest BCUT2D eigenvalue weighted by Crippen LogP contribution is -2.19. The van der Waals surface area contributed by atoms with Gasteiger partial charge in [0.15, 0.2) is 5.76 Å². The Morgan fingerprint density at radius 3 is 2.59 bits per heavy atom. The largest absolute Gasteiger partial charge is 0.354 e. The lowest BCUT2D eigenvalue weighted by Gasteiger charge is -2.12. The van der Waals surface area contributed by atoms with E-state index in [0.29, 0.717) is 10.8 Å². The van der Waals surface area contributed by atoms with Gasteiger partial charge in [0.2, 0.25) is 0 Å². The van der Waals surface area contributed by atoms with Crippen LogP contribution in [0.4, 0.5) is 0 Å². The Balaban J connectivity index is 2.45. The summed E-state index contributed by atoms with van der Waals surface area (Å²) in [6, 6.07) is 5.64. The first kappa shape index (κ1) is 16.9. The molecule has 0 saturated heterocycles. The number of aromatic nitrogens is 1.